The zero-order chi connectivity index (χ0) is 19.9. The fourth-order valence-electron chi connectivity index (χ4n) is 3.50. The second kappa shape index (κ2) is 9.85. The Morgan fingerprint density at radius 2 is 2.00 bits per heavy atom. The number of thiophene rings is 1. The normalized spacial score (nSPS) is 16.5. The number of nitrogens with zero attached hydrogens (tertiary/aromatic N) is 1. The average Bonchev–Trinajstić information content (AvgIpc) is 3.20. The molecule has 0 radical (unpaired) electrons. The average molecular weight is 400 g/mol. The van der Waals surface area contributed by atoms with E-state index in [1.807, 2.05) is 25.1 Å². The summed E-state index contributed by atoms with van der Waals surface area (Å²) >= 11 is 1.81. The van der Waals surface area contributed by atoms with E-state index >= 15 is 0 Å². The van der Waals surface area contributed by atoms with Gasteiger partial charge in [0.15, 0.2) is 0 Å². The van der Waals surface area contributed by atoms with E-state index in [4.69, 9.17) is 0 Å². The third-order valence-corrected chi connectivity index (χ3v) is 6.11. The van der Waals surface area contributed by atoms with E-state index in [0.29, 0.717) is 18.0 Å². The molecule has 3 rings (SSSR count). The number of carbonyl (C=O) groups is 2. The van der Waals surface area contributed by atoms with Gasteiger partial charge in [0.25, 0.3) is 5.91 Å². The molecule has 1 fully saturated rings. The number of benzene rings is 1. The molecule has 2 amide bonds. The molecule has 2 N–H and O–H groups in total. The van der Waals surface area contributed by atoms with Gasteiger partial charge in [-0.3, -0.25) is 14.5 Å². The van der Waals surface area contributed by atoms with Gasteiger partial charge in [0.2, 0.25) is 5.91 Å². The van der Waals surface area contributed by atoms with E-state index in [2.05, 4.69) is 33.0 Å². The zero-order valence-corrected chi connectivity index (χ0v) is 17.4. The Morgan fingerprint density at radius 1 is 1.21 bits per heavy atom. The first-order valence-electron chi connectivity index (χ1n) is 9.91. The largest absolute Gasteiger partial charge is 0.354 e. The molecule has 28 heavy (non-hydrogen) atoms. The van der Waals surface area contributed by atoms with Crippen LogP contribution in [0.5, 0.6) is 0 Å². The minimum Gasteiger partial charge on any atom is -0.354 e. The number of aryl methyl sites for hydroxylation is 1. The maximum Gasteiger partial charge on any atom is 0.251 e. The molecule has 6 heteroatoms. The van der Waals surface area contributed by atoms with Crippen LogP contribution >= 0.6 is 11.3 Å². The Balaban J connectivity index is 1.37. The van der Waals surface area contributed by atoms with Crippen molar-refractivity contribution in [2.24, 2.45) is 5.92 Å². The number of likely N-dealkylation sites (tertiary alicyclic amines) is 1. The van der Waals surface area contributed by atoms with Crippen molar-refractivity contribution < 1.29 is 9.59 Å². The fraction of sp³-hybridized carbons (Fsp3) is 0.455. The summed E-state index contributed by atoms with van der Waals surface area (Å²) in [5.41, 5.74) is 1.60. The smallest absolute Gasteiger partial charge is 0.251 e. The molecule has 0 bridgehead atoms. The number of carbonyl (C=O) groups excluding carboxylic acids is 2. The SMILES string of the molecule is Cc1cccc(C(=O)NC(C)C(=O)NCC2CCN(Cc3cccs3)CC2)c1. The second-order valence-corrected chi connectivity index (χ2v) is 8.64. The van der Waals surface area contributed by atoms with E-state index in [1.54, 1.807) is 24.3 Å². The number of nitrogens with one attached hydrogen (secondary N) is 2. The Bertz CT molecular complexity index is 783. The number of rotatable bonds is 7. The second-order valence-electron chi connectivity index (χ2n) is 7.61. The third-order valence-electron chi connectivity index (χ3n) is 5.25. The molecule has 1 aromatic heterocycles. The summed E-state index contributed by atoms with van der Waals surface area (Å²) in [5.74, 6) is 0.165. The van der Waals surface area contributed by atoms with Crippen molar-refractivity contribution in [2.75, 3.05) is 19.6 Å². The molecular formula is C22H29N3O2S. The molecule has 1 aliphatic heterocycles. The summed E-state index contributed by atoms with van der Waals surface area (Å²) in [6, 6.07) is 11.1. The van der Waals surface area contributed by atoms with Gasteiger partial charge in [-0.2, -0.15) is 0 Å². The molecule has 0 saturated carbocycles. The van der Waals surface area contributed by atoms with E-state index in [0.717, 1.165) is 38.0 Å². The van der Waals surface area contributed by atoms with Crippen LogP contribution < -0.4 is 10.6 Å². The Kier molecular flexibility index (Phi) is 7.23. The van der Waals surface area contributed by atoms with E-state index in [9.17, 15) is 9.59 Å². The summed E-state index contributed by atoms with van der Waals surface area (Å²) in [5, 5.41) is 7.92. The lowest BCUT2D eigenvalue weighted by atomic mass is 9.96. The van der Waals surface area contributed by atoms with Gasteiger partial charge >= 0.3 is 0 Å². The topological polar surface area (TPSA) is 61.4 Å². The van der Waals surface area contributed by atoms with Crippen molar-refractivity contribution >= 4 is 23.2 Å². The number of hydrogen-bond acceptors (Lipinski definition) is 4. The highest BCUT2D eigenvalue weighted by molar-refractivity contribution is 7.09. The summed E-state index contributed by atoms with van der Waals surface area (Å²) < 4.78 is 0. The van der Waals surface area contributed by atoms with E-state index in [-0.39, 0.29) is 11.8 Å². The van der Waals surface area contributed by atoms with E-state index < -0.39 is 6.04 Å². The van der Waals surface area contributed by atoms with Gasteiger partial charge in [-0.1, -0.05) is 23.8 Å². The van der Waals surface area contributed by atoms with Gasteiger partial charge in [0.05, 0.1) is 0 Å². The molecule has 2 heterocycles. The number of piperidine rings is 1. The van der Waals surface area contributed by atoms with Crippen molar-refractivity contribution in [2.45, 2.75) is 39.3 Å². The lowest BCUT2D eigenvalue weighted by molar-refractivity contribution is -0.122. The van der Waals surface area contributed by atoms with E-state index in [1.165, 1.54) is 4.88 Å². The first-order chi connectivity index (χ1) is 13.5. The lowest BCUT2D eigenvalue weighted by Gasteiger charge is -2.31. The van der Waals surface area contributed by atoms with Crippen LogP contribution in [0, 0.1) is 12.8 Å². The first-order valence-corrected chi connectivity index (χ1v) is 10.8. The van der Waals surface area contributed by atoms with Gasteiger partial charge in [-0.15, -0.1) is 11.3 Å². The maximum atomic E-state index is 12.4. The van der Waals surface area contributed by atoms with Crippen LogP contribution in [0.3, 0.4) is 0 Å². The molecule has 1 aromatic carbocycles. The molecule has 0 aliphatic carbocycles. The highest BCUT2D eigenvalue weighted by Gasteiger charge is 2.22. The molecule has 0 spiro atoms. The molecule has 1 atom stereocenters. The Morgan fingerprint density at radius 3 is 2.68 bits per heavy atom. The minimum atomic E-state index is -0.549. The van der Waals surface area contributed by atoms with Crippen LogP contribution in [0.15, 0.2) is 41.8 Å². The van der Waals surface area contributed by atoms with Crippen LogP contribution in [-0.4, -0.2) is 42.4 Å². The lowest BCUT2D eigenvalue weighted by Crippen LogP contribution is -2.47. The molecular weight excluding hydrogens is 370 g/mol. The van der Waals surface area contributed by atoms with Gasteiger partial charge in [0.1, 0.15) is 6.04 Å². The van der Waals surface area contributed by atoms with Crippen molar-refractivity contribution in [3.8, 4) is 0 Å². The van der Waals surface area contributed by atoms with Crippen molar-refractivity contribution in [1.29, 1.82) is 0 Å². The number of amides is 2. The number of hydrogen-bond donors (Lipinski definition) is 2. The molecule has 2 aromatic rings. The third kappa shape index (κ3) is 5.91. The Labute approximate surface area is 171 Å². The predicted molar refractivity (Wildman–Crippen MR) is 113 cm³/mol. The van der Waals surface area contributed by atoms with Crippen molar-refractivity contribution in [3.63, 3.8) is 0 Å². The van der Waals surface area contributed by atoms with Crippen molar-refractivity contribution in [3.05, 3.63) is 57.8 Å². The maximum absolute atomic E-state index is 12.4. The van der Waals surface area contributed by atoms with Crippen LogP contribution in [0.2, 0.25) is 0 Å². The Hall–Kier alpha value is -2.18. The fourth-order valence-corrected chi connectivity index (χ4v) is 4.25. The summed E-state index contributed by atoms with van der Waals surface area (Å²) in [6.45, 7) is 7.51. The van der Waals surface area contributed by atoms with Gasteiger partial charge in [-0.05, 0) is 69.3 Å². The zero-order valence-electron chi connectivity index (χ0n) is 16.6. The first kappa shape index (κ1) is 20.6. The molecule has 150 valence electrons. The van der Waals surface area contributed by atoms with Crippen LogP contribution in [0.25, 0.3) is 0 Å². The monoisotopic (exact) mass is 399 g/mol. The predicted octanol–water partition coefficient (Wildman–Crippen LogP) is 3.20. The van der Waals surface area contributed by atoms with Crippen LogP contribution in [-0.2, 0) is 11.3 Å². The molecule has 5 nitrogen and oxygen atoms in total. The highest BCUT2D eigenvalue weighted by Crippen LogP contribution is 2.20. The van der Waals surface area contributed by atoms with Crippen LogP contribution in [0.4, 0.5) is 0 Å². The van der Waals surface area contributed by atoms with Crippen LogP contribution in [0.1, 0.15) is 40.6 Å². The molecule has 1 unspecified atom stereocenters. The molecule has 1 aliphatic rings. The summed E-state index contributed by atoms with van der Waals surface area (Å²) in [4.78, 5) is 28.5. The van der Waals surface area contributed by atoms with Gasteiger partial charge in [0, 0.05) is 23.5 Å². The summed E-state index contributed by atoms with van der Waals surface area (Å²) in [6.07, 6.45) is 2.19. The minimum absolute atomic E-state index is 0.123. The highest BCUT2D eigenvalue weighted by atomic mass is 32.1. The standard InChI is InChI=1S/C22H29N3O2S/c1-16-5-3-6-19(13-16)22(27)24-17(2)21(26)23-14-18-8-10-25(11-9-18)15-20-7-4-12-28-20/h3-7,12-13,17-18H,8-11,14-15H2,1-2H3,(H,23,26)(H,24,27). The van der Waals surface area contributed by atoms with Gasteiger partial charge < -0.3 is 10.6 Å². The van der Waals surface area contributed by atoms with Crippen molar-refractivity contribution in [1.82, 2.24) is 15.5 Å². The molecule has 1 saturated heterocycles. The van der Waals surface area contributed by atoms with Gasteiger partial charge in [-0.25, -0.2) is 0 Å². The quantitative estimate of drug-likeness (QED) is 0.752. The summed E-state index contributed by atoms with van der Waals surface area (Å²) in [7, 11) is 0.